The number of halogens is 2. The molecule has 8 heteroatoms. The summed E-state index contributed by atoms with van der Waals surface area (Å²) in [4.78, 5) is 12.4. The van der Waals surface area contributed by atoms with E-state index in [-0.39, 0.29) is 4.90 Å². The zero-order valence-corrected chi connectivity index (χ0v) is 16.3. The van der Waals surface area contributed by atoms with E-state index in [1.807, 2.05) is 0 Å². The third-order valence-electron chi connectivity index (χ3n) is 2.99. The highest BCUT2D eigenvalue weighted by molar-refractivity contribution is 7.89. The highest BCUT2D eigenvalue weighted by Gasteiger charge is 2.22. The zero-order valence-electron chi connectivity index (χ0n) is 13.9. The first-order valence-electron chi connectivity index (χ1n) is 7.38. The molecule has 0 unspecified atom stereocenters. The molecule has 0 aliphatic heterocycles. The van der Waals surface area contributed by atoms with Crippen molar-refractivity contribution in [1.82, 2.24) is 4.72 Å². The van der Waals surface area contributed by atoms with E-state index in [4.69, 9.17) is 23.2 Å². The van der Waals surface area contributed by atoms with Crippen LogP contribution < -0.4 is 10.0 Å². The molecule has 2 aromatic rings. The fourth-order valence-corrected chi connectivity index (χ4v) is 4.02. The fraction of sp³-hybridized carbons (Fsp3) is 0.235. The quantitative estimate of drug-likeness (QED) is 0.801. The number of sulfonamides is 1. The van der Waals surface area contributed by atoms with Crippen molar-refractivity contribution in [2.24, 2.45) is 0 Å². The lowest BCUT2D eigenvalue weighted by Crippen LogP contribution is -2.40. The van der Waals surface area contributed by atoms with Crippen LogP contribution in [0.3, 0.4) is 0 Å². The molecular formula is C17H18Cl2N2O3S. The van der Waals surface area contributed by atoms with Gasteiger partial charge in [-0.3, -0.25) is 4.79 Å². The van der Waals surface area contributed by atoms with Crippen LogP contribution in [0.1, 0.15) is 31.1 Å². The number of rotatable bonds is 4. The maximum Gasteiger partial charge on any atom is 0.255 e. The second-order valence-corrected chi connectivity index (χ2v) is 9.05. The van der Waals surface area contributed by atoms with Gasteiger partial charge in [-0.15, -0.1) is 0 Å². The molecule has 0 aliphatic carbocycles. The van der Waals surface area contributed by atoms with Gasteiger partial charge in [-0.1, -0.05) is 23.2 Å². The summed E-state index contributed by atoms with van der Waals surface area (Å²) in [6.07, 6.45) is 0. The van der Waals surface area contributed by atoms with Gasteiger partial charge in [0.25, 0.3) is 5.91 Å². The molecule has 0 fully saturated rings. The lowest BCUT2D eigenvalue weighted by atomic mass is 10.1. The molecule has 134 valence electrons. The van der Waals surface area contributed by atoms with Crippen LogP contribution >= 0.6 is 23.2 Å². The van der Waals surface area contributed by atoms with Gasteiger partial charge in [0, 0.05) is 26.8 Å². The number of anilines is 1. The van der Waals surface area contributed by atoms with Crippen molar-refractivity contribution in [3.05, 3.63) is 58.1 Å². The minimum atomic E-state index is -3.65. The average Bonchev–Trinajstić information content (AvgIpc) is 2.43. The molecule has 0 saturated carbocycles. The standard InChI is InChI=1S/C17H18Cl2N2O3S/c1-17(2,3)21-25(23,24)15-6-4-11(5-7-15)16(22)20-14-9-12(18)8-13(19)10-14/h4-10,21H,1-3H3,(H,20,22). The number of amides is 1. The van der Waals surface area contributed by atoms with Gasteiger partial charge < -0.3 is 5.32 Å². The summed E-state index contributed by atoms with van der Waals surface area (Å²) in [5.74, 6) is -0.397. The number of carbonyl (C=O) groups is 1. The SMILES string of the molecule is CC(C)(C)NS(=O)(=O)c1ccc(C(=O)Nc2cc(Cl)cc(Cl)c2)cc1. The van der Waals surface area contributed by atoms with E-state index in [0.717, 1.165) is 0 Å². The summed E-state index contributed by atoms with van der Waals surface area (Å²) in [6.45, 7) is 5.26. The molecule has 0 bridgehead atoms. The van der Waals surface area contributed by atoms with Crippen molar-refractivity contribution in [3.8, 4) is 0 Å². The lowest BCUT2D eigenvalue weighted by Gasteiger charge is -2.20. The van der Waals surface area contributed by atoms with E-state index < -0.39 is 21.5 Å². The zero-order chi connectivity index (χ0) is 18.8. The van der Waals surface area contributed by atoms with Crippen LogP contribution in [0, 0.1) is 0 Å². The molecular weight excluding hydrogens is 383 g/mol. The summed E-state index contributed by atoms with van der Waals surface area (Å²) in [6, 6.07) is 10.3. The van der Waals surface area contributed by atoms with Crippen molar-refractivity contribution in [1.29, 1.82) is 0 Å². The smallest absolute Gasteiger partial charge is 0.255 e. The largest absolute Gasteiger partial charge is 0.322 e. The summed E-state index contributed by atoms with van der Waals surface area (Å²) in [7, 11) is -3.65. The Bertz CT molecular complexity index is 869. The van der Waals surface area contributed by atoms with Crippen LogP contribution in [0.5, 0.6) is 0 Å². The summed E-state index contributed by atoms with van der Waals surface area (Å²) in [5, 5.41) is 3.46. The van der Waals surface area contributed by atoms with Crippen molar-refractivity contribution in [2.75, 3.05) is 5.32 Å². The molecule has 0 atom stereocenters. The van der Waals surface area contributed by atoms with E-state index in [0.29, 0.717) is 21.3 Å². The fourth-order valence-electron chi connectivity index (χ4n) is 2.08. The maximum atomic E-state index is 12.3. The van der Waals surface area contributed by atoms with E-state index in [1.54, 1.807) is 39.0 Å². The average molecular weight is 401 g/mol. The Balaban J connectivity index is 2.18. The van der Waals surface area contributed by atoms with Gasteiger partial charge in [-0.2, -0.15) is 0 Å². The maximum absolute atomic E-state index is 12.3. The number of hydrogen-bond donors (Lipinski definition) is 2. The molecule has 2 aromatic carbocycles. The molecule has 0 radical (unpaired) electrons. The Morgan fingerprint density at radius 1 is 0.960 bits per heavy atom. The number of nitrogens with one attached hydrogen (secondary N) is 2. The van der Waals surface area contributed by atoms with Crippen molar-refractivity contribution >= 4 is 44.8 Å². The van der Waals surface area contributed by atoms with E-state index in [2.05, 4.69) is 10.0 Å². The van der Waals surface area contributed by atoms with Gasteiger partial charge in [-0.05, 0) is 63.2 Å². The normalized spacial score (nSPS) is 12.0. The molecule has 2 N–H and O–H groups in total. The minimum Gasteiger partial charge on any atom is -0.322 e. The molecule has 0 aromatic heterocycles. The molecule has 0 saturated heterocycles. The van der Waals surface area contributed by atoms with Gasteiger partial charge >= 0.3 is 0 Å². The van der Waals surface area contributed by atoms with Crippen LogP contribution in [-0.2, 0) is 10.0 Å². The first-order chi connectivity index (χ1) is 11.5. The van der Waals surface area contributed by atoms with Crippen molar-refractivity contribution < 1.29 is 13.2 Å². The van der Waals surface area contributed by atoms with Crippen LogP contribution in [0.15, 0.2) is 47.4 Å². The van der Waals surface area contributed by atoms with Crippen LogP contribution in [0.25, 0.3) is 0 Å². The third kappa shape index (κ3) is 5.71. The molecule has 1 amide bonds. The van der Waals surface area contributed by atoms with Gasteiger partial charge in [0.15, 0.2) is 0 Å². The molecule has 5 nitrogen and oxygen atoms in total. The third-order valence-corrected chi connectivity index (χ3v) is 5.20. The highest BCUT2D eigenvalue weighted by atomic mass is 35.5. The van der Waals surface area contributed by atoms with Crippen LogP contribution in [0.4, 0.5) is 5.69 Å². The first kappa shape index (κ1) is 19.7. The number of carbonyl (C=O) groups excluding carboxylic acids is 1. The second kappa shape index (κ2) is 7.33. The summed E-state index contributed by atoms with van der Waals surface area (Å²) < 4.78 is 27.1. The second-order valence-electron chi connectivity index (χ2n) is 6.49. The van der Waals surface area contributed by atoms with Gasteiger partial charge in [0.1, 0.15) is 0 Å². The molecule has 2 rings (SSSR count). The first-order valence-corrected chi connectivity index (χ1v) is 9.62. The lowest BCUT2D eigenvalue weighted by molar-refractivity contribution is 0.102. The van der Waals surface area contributed by atoms with Crippen LogP contribution in [-0.4, -0.2) is 19.9 Å². The van der Waals surface area contributed by atoms with E-state index in [9.17, 15) is 13.2 Å². The summed E-state index contributed by atoms with van der Waals surface area (Å²) in [5.41, 5.74) is 0.167. The Labute approximate surface area is 157 Å². The van der Waals surface area contributed by atoms with Gasteiger partial charge in [0.2, 0.25) is 10.0 Å². The molecule has 0 spiro atoms. The van der Waals surface area contributed by atoms with Crippen molar-refractivity contribution in [2.45, 2.75) is 31.2 Å². The molecule has 0 heterocycles. The Kier molecular flexibility index (Phi) is 5.79. The molecule has 0 aliphatic rings. The van der Waals surface area contributed by atoms with Gasteiger partial charge in [0.05, 0.1) is 4.90 Å². The summed E-state index contributed by atoms with van der Waals surface area (Å²) >= 11 is 11.8. The topological polar surface area (TPSA) is 75.3 Å². The highest BCUT2D eigenvalue weighted by Crippen LogP contribution is 2.23. The van der Waals surface area contributed by atoms with Crippen molar-refractivity contribution in [3.63, 3.8) is 0 Å². The Hall–Kier alpha value is -1.60. The number of hydrogen-bond acceptors (Lipinski definition) is 3. The van der Waals surface area contributed by atoms with E-state index >= 15 is 0 Å². The Morgan fingerprint density at radius 3 is 1.96 bits per heavy atom. The van der Waals surface area contributed by atoms with Crippen LogP contribution in [0.2, 0.25) is 10.0 Å². The minimum absolute atomic E-state index is 0.0878. The van der Waals surface area contributed by atoms with Gasteiger partial charge in [-0.25, -0.2) is 13.1 Å². The monoisotopic (exact) mass is 400 g/mol. The predicted molar refractivity (Wildman–Crippen MR) is 101 cm³/mol. The Morgan fingerprint density at radius 2 is 1.48 bits per heavy atom. The number of benzene rings is 2. The predicted octanol–water partition coefficient (Wildman–Crippen LogP) is 4.32. The molecule has 25 heavy (non-hydrogen) atoms. The van der Waals surface area contributed by atoms with E-state index in [1.165, 1.54) is 24.3 Å².